The molecule has 0 aliphatic heterocycles. The Bertz CT molecular complexity index is 963. The first-order chi connectivity index (χ1) is 13.0. The van der Waals surface area contributed by atoms with Crippen molar-refractivity contribution in [2.45, 2.75) is 13.5 Å². The van der Waals surface area contributed by atoms with E-state index in [1.54, 1.807) is 35.0 Å². The second kappa shape index (κ2) is 7.86. The number of ether oxygens (including phenoxy) is 1. The van der Waals surface area contributed by atoms with Crippen molar-refractivity contribution in [3.05, 3.63) is 48.0 Å². The summed E-state index contributed by atoms with van der Waals surface area (Å²) >= 11 is 0. The van der Waals surface area contributed by atoms with Gasteiger partial charge in [-0.3, -0.25) is 4.79 Å². The molecule has 0 spiro atoms. The third-order valence-electron chi connectivity index (χ3n) is 4.05. The van der Waals surface area contributed by atoms with Crippen LogP contribution in [0.5, 0.6) is 0 Å². The third-order valence-corrected chi connectivity index (χ3v) is 4.05. The highest BCUT2D eigenvalue weighted by molar-refractivity contribution is 5.97. The van der Waals surface area contributed by atoms with Crippen molar-refractivity contribution in [2.75, 3.05) is 30.9 Å². The first-order valence-corrected chi connectivity index (χ1v) is 8.55. The van der Waals surface area contributed by atoms with Gasteiger partial charge < -0.3 is 15.0 Å². The molecule has 27 heavy (non-hydrogen) atoms. The van der Waals surface area contributed by atoms with Gasteiger partial charge in [-0.2, -0.15) is 0 Å². The van der Waals surface area contributed by atoms with Crippen LogP contribution in [-0.4, -0.2) is 47.6 Å². The molecule has 8 nitrogen and oxygen atoms in total. The number of carbonyl (C=O) groups is 2. The second-order valence-corrected chi connectivity index (χ2v) is 6.17. The minimum Gasteiger partial charge on any atom is -0.452 e. The molecule has 3 rings (SSSR count). The average molecular weight is 367 g/mol. The monoisotopic (exact) mass is 367 g/mol. The summed E-state index contributed by atoms with van der Waals surface area (Å²) in [4.78, 5) is 26.1. The number of fused-ring (bicyclic) bond motifs is 1. The standard InChI is InChI=1S/C19H21N5O3/c1-4-24-17-10-5-13(11-16(17)21-22-24)19(26)27-12-18(25)20-14-6-8-15(9-7-14)23(2)3/h5-11H,4,12H2,1-3H3,(H,20,25). The van der Waals surface area contributed by atoms with Crippen LogP contribution >= 0.6 is 0 Å². The van der Waals surface area contributed by atoms with Gasteiger partial charge in [-0.1, -0.05) is 5.21 Å². The molecule has 0 aliphatic carbocycles. The fraction of sp³-hybridized carbons (Fsp3) is 0.263. The Hall–Kier alpha value is -3.42. The zero-order chi connectivity index (χ0) is 19.4. The van der Waals surface area contributed by atoms with Crippen molar-refractivity contribution in [1.82, 2.24) is 15.0 Å². The summed E-state index contributed by atoms with van der Waals surface area (Å²) in [5.74, 6) is -0.986. The van der Waals surface area contributed by atoms with Gasteiger partial charge in [0.2, 0.25) is 0 Å². The molecule has 0 unspecified atom stereocenters. The molecule has 0 saturated carbocycles. The van der Waals surface area contributed by atoms with E-state index >= 15 is 0 Å². The van der Waals surface area contributed by atoms with Crippen LogP contribution in [0.15, 0.2) is 42.5 Å². The van der Waals surface area contributed by atoms with Crippen LogP contribution in [0.3, 0.4) is 0 Å². The summed E-state index contributed by atoms with van der Waals surface area (Å²) < 4.78 is 6.83. The number of anilines is 2. The first-order valence-electron chi connectivity index (χ1n) is 8.55. The molecule has 2 aromatic carbocycles. The Kier molecular flexibility index (Phi) is 5.35. The fourth-order valence-corrected chi connectivity index (χ4v) is 2.59. The van der Waals surface area contributed by atoms with Crippen molar-refractivity contribution in [3.63, 3.8) is 0 Å². The lowest BCUT2D eigenvalue weighted by molar-refractivity contribution is -0.119. The Morgan fingerprint density at radius 2 is 1.89 bits per heavy atom. The lowest BCUT2D eigenvalue weighted by Gasteiger charge is -2.13. The summed E-state index contributed by atoms with van der Waals surface area (Å²) in [7, 11) is 3.88. The molecule has 1 N–H and O–H groups in total. The topological polar surface area (TPSA) is 89.4 Å². The Balaban J connectivity index is 1.57. The molecule has 0 fully saturated rings. The highest BCUT2D eigenvalue weighted by Crippen LogP contribution is 2.16. The maximum atomic E-state index is 12.2. The number of benzene rings is 2. The second-order valence-electron chi connectivity index (χ2n) is 6.17. The van der Waals surface area contributed by atoms with Gasteiger partial charge in [0.25, 0.3) is 5.91 Å². The molecule has 0 bridgehead atoms. The molecule has 0 radical (unpaired) electrons. The number of nitrogens with one attached hydrogen (secondary N) is 1. The van der Waals surface area contributed by atoms with Gasteiger partial charge in [0.15, 0.2) is 6.61 Å². The summed E-state index contributed by atoms with van der Waals surface area (Å²) in [5, 5.41) is 10.7. The van der Waals surface area contributed by atoms with E-state index in [4.69, 9.17) is 4.74 Å². The molecule has 8 heteroatoms. The SMILES string of the molecule is CCn1nnc2cc(C(=O)OCC(=O)Nc3ccc(N(C)C)cc3)ccc21. The molecular weight excluding hydrogens is 346 g/mol. The Morgan fingerprint density at radius 3 is 2.56 bits per heavy atom. The quantitative estimate of drug-likeness (QED) is 0.673. The third kappa shape index (κ3) is 4.22. The number of esters is 1. The van der Waals surface area contributed by atoms with Crippen molar-refractivity contribution < 1.29 is 14.3 Å². The summed E-state index contributed by atoms with van der Waals surface area (Å²) in [6.07, 6.45) is 0. The van der Waals surface area contributed by atoms with Crippen molar-refractivity contribution >= 4 is 34.3 Å². The highest BCUT2D eigenvalue weighted by Gasteiger charge is 2.13. The van der Waals surface area contributed by atoms with Crippen LogP contribution in [0, 0.1) is 0 Å². The van der Waals surface area contributed by atoms with Crippen LogP contribution in [-0.2, 0) is 16.1 Å². The molecule has 140 valence electrons. The van der Waals surface area contributed by atoms with Gasteiger partial charge in [0.05, 0.1) is 11.1 Å². The number of carbonyl (C=O) groups excluding carboxylic acids is 2. The van der Waals surface area contributed by atoms with E-state index in [2.05, 4.69) is 15.6 Å². The summed E-state index contributed by atoms with van der Waals surface area (Å²) in [6, 6.07) is 12.4. The fourth-order valence-electron chi connectivity index (χ4n) is 2.59. The Labute approximate surface area is 156 Å². The van der Waals surface area contributed by atoms with E-state index in [1.165, 1.54) is 0 Å². The van der Waals surface area contributed by atoms with Gasteiger partial charge in [0, 0.05) is 32.0 Å². The van der Waals surface area contributed by atoms with Gasteiger partial charge in [-0.15, -0.1) is 5.10 Å². The molecule has 0 atom stereocenters. The average Bonchev–Trinajstić information content (AvgIpc) is 3.08. The van der Waals surface area contributed by atoms with E-state index in [9.17, 15) is 9.59 Å². The predicted octanol–water partition coefficient (Wildman–Crippen LogP) is 2.31. The molecule has 1 aromatic heterocycles. The van der Waals surface area contributed by atoms with Crippen LogP contribution < -0.4 is 10.2 Å². The molecule has 0 saturated heterocycles. The minimum absolute atomic E-state index is 0.328. The van der Waals surface area contributed by atoms with Crippen molar-refractivity contribution in [3.8, 4) is 0 Å². The van der Waals surface area contributed by atoms with Crippen molar-refractivity contribution in [2.24, 2.45) is 0 Å². The number of nitrogens with zero attached hydrogens (tertiary/aromatic N) is 4. The van der Waals surface area contributed by atoms with Crippen LogP contribution in [0.1, 0.15) is 17.3 Å². The number of hydrogen-bond acceptors (Lipinski definition) is 6. The van der Waals surface area contributed by atoms with E-state index in [-0.39, 0.29) is 6.61 Å². The molecule has 3 aromatic rings. The van der Waals surface area contributed by atoms with E-state index in [0.29, 0.717) is 23.3 Å². The number of hydrogen-bond donors (Lipinski definition) is 1. The van der Waals surface area contributed by atoms with Crippen LogP contribution in [0.2, 0.25) is 0 Å². The largest absolute Gasteiger partial charge is 0.452 e. The lowest BCUT2D eigenvalue weighted by atomic mass is 10.2. The van der Waals surface area contributed by atoms with Crippen LogP contribution in [0.4, 0.5) is 11.4 Å². The lowest BCUT2D eigenvalue weighted by Crippen LogP contribution is -2.21. The van der Waals surface area contributed by atoms with Gasteiger partial charge >= 0.3 is 5.97 Å². The highest BCUT2D eigenvalue weighted by atomic mass is 16.5. The van der Waals surface area contributed by atoms with Crippen LogP contribution in [0.25, 0.3) is 11.0 Å². The molecule has 0 aliphatic rings. The minimum atomic E-state index is -0.582. The van der Waals surface area contributed by atoms with Crippen molar-refractivity contribution in [1.29, 1.82) is 0 Å². The molecule has 1 amide bonds. The van der Waals surface area contributed by atoms with E-state index < -0.39 is 11.9 Å². The number of aromatic nitrogens is 3. The molecular formula is C19H21N5O3. The maximum Gasteiger partial charge on any atom is 0.338 e. The number of aryl methyl sites for hydroxylation is 1. The zero-order valence-corrected chi connectivity index (χ0v) is 15.5. The number of rotatable bonds is 6. The van der Waals surface area contributed by atoms with E-state index in [1.807, 2.05) is 38.1 Å². The predicted molar refractivity (Wildman–Crippen MR) is 103 cm³/mol. The Morgan fingerprint density at radius 1 is 1.15 bits per heavy atom. The van der Waals surface area contributed by atoms with Gasteiger partial charge in [0.1, 0.15) is 5.52 Å². The van der Waals surface area contributed by atoms with Gasteiger partial charge in [-0.25, -0.2) is 9.48 Å². The summed E-state index contributed by atoms with van der Waals surface area (Å²) in [5.41, 5.74) is 3.44. The smallest absolute Gasteiger partial charge is 0.338 e. The zero-order valence-electron chi connectivity index (χ0n) is 15.5. The normalized spacial score (nSPS) is 10.6. The molecule has 1 heterocycles. The number of amides is 1. The summed E-state index contributed by atoms with van der Waals surface area (Å²) in [6.45, 7) is 2.28. The first kappa shape index (κ1) is 18.4. The maximum absolute atomic E-state index is 12.2. The van der Waals surface area contributed by atoms with E-state index in [0.717, 1.165) is 11.2 Å². The van der Waals surface area contributed by atoms with Gasteiger partial charge in [-0.05, 0) is 49.4 Å².